The number of carbonyl (C=O) groups is 1. The molecule has 0 spiro atoms. The van der Waals surface area contributed by atoms with Gasteiger partial charge in [0.1, 0.15) is 5.76 Å². The molecule has 1 saturated carbocycles. The van der Waals surface area contributed by atoms with Crippen LogP contribution in [0.4, 0.5) is 5.13 Å². The number of benzene rings is 1. The number of oxazole rings is 1. The lowest BCUT2D eigenvalue weighted by Crippen LogP contribution is -2.32. The van der Waals surface area contributed by atoms with Crippen LogP contribution in [-0.4, -0.2) is 27.1 Å². The zero-order valence-corrected chi connectivity index (χ0v) is 16.8. The fourth-order valence-electron chi connectivity index (χ4n) is 2.72. The van der Waals surface area contributed by atoms with E-state index >= 15 is 0 Å². The number of aryl methyl sites for hydroxylation is 1. The third kappa shape index (κ3) is 4.06. The maximum atomic E-state index is 12.2. The number of thioether (sulfide) groups is 1. The predicted octanol–water partition coefficient (Wildman–Crippen LogP) is 4.70. The molecule has 0 bridgehead atoms. The minimum atomic E-state index is 0.116. The van der Waals surface area contributed by atoms with Crippen molar-refractivity contribution in [1.82, 2.24) is 15.2 Å². The van der Waals surface area contributed by atoms with Crippen molar-refractivity contribution in [3.8, 4) is 11.5 Å². The van der Waals surface area contributed by atoms with Crippen molar-refractivity contribution in [3.05, 3.63) is 41.8 Å². The minimum Gasteiger partial charge on any atom is -0.441 e. The predicted molar refractivity (Wildman–Crippen MR) is 107 cm³/mol. The zero-order valence-electron chi connectivity index (χ0n) is 15.2. The van der Waals surface area contributed by atoms with Gasteiger partial charge in [-0.1, -0.05) is 48.2 Å². The molecule has 1 aliphatic carbocycles. The SMILES string of the molecule is CCC(=O)N(c1nnc(SCc2nc(-c3ccccc3)oc2C)s1)C1CC1. The standard InChI is InChI=1S/C19H20N4O2S2/c1-3-16(24)23(14-9-10-14)18-21-22-19(27-18)26-11-15-12(2)25-17(20-15)13-7-5-4-6-8-13/h4-8,14H,3,9-11H2,1-2H3. The number of carbonyl (C=O) groups excluding carboxylic acids is 1. The lowest BCUT2D eigenvalue weighted by atomic mass is 10.2. The molecule has 0 radical (unpaired) electrons. The van der Waals surface area contributed by atoms with Crippen LogP contribution >= 0.6 is 23.1 Å². The van der Waals surface area contributed by atoms with E-state index in [9.17, 15) is 4.79 Å². The van der Waals surface area contributed by atoms with Crippen LogP contribution in [0.15, 0.2) is 39.1 Å². The normalized spacial score (nSPS) is 13.7. The van der Waals surface area contributed by atoms with Gasteiger partial charge in [0.05, 0.1) is 5.69 Å². The Morgan fingerprint density at radius 1 is 1.30 bits per heavy atom. The number of amides is 1. The number of hydrogen-bond acceptors (Lipinski definition) is 7. The molecular formula is C19H20N4O2S2. The largest absolute Gasteiger partial charge is 0.441 e. The summed E-state index contributed by atoms with van der Waals surface area (Å²) < 4.78 is 6.64. The molecule has 4 rings (SSSR count). The maximum absolute atomic E-state index is 12.2. The van der Waals surface area contributed by atoms with Gasteiger partial charge in [-0.05, 0) is 31.9 Å². The number of nitrogens with zero attached hydrogens (tertiary/aromatic N) is 4. The number of anilines is 1. The summed E-state index contributed by atoms with van der Waals surface area (Å²) in [6, 6.07) is 10.2. The van der Waals surface area contributed by atoms with Crippen LogP contribution in [0, 0.1) is 6.92 Å². The van der Waals surface area contributed by atoms with Gasteiger partial charge in [0, 0.05) is 23.8 Å². The molecular weight excluding hydrogens is 380 g/mol. The summed E-state index contributed by atoms with van der Waals surface area (Å²) in [5, 5.41) is 9.20. The molecule has 2 aromatic heterocycles. The second kappa shape index (κ2) is 7.82. The summed E-state index contributed by atoms with van der Waals surface area (Å²) >= 11 is 3.04. The molecule has 0 saturated heterocycles. The van der Waals surface area contributed by atoms with E-state index in [1.807, 2.05) is 49.1 Å². The molecule has 0 atom stereocenters. The Hall–Kier alpha value is -2.19. The Morgan fingerprint density at radius 2 is 2.07 bits per heavy atom. The first-order valence-electron chi connectivity index (χ1n) is 8.95. The first kappa shape index (κ1) is 18.2. The van der Waals surface area contributed by atoms with Crippen molar-refractivity contribution in [3.63, 3.8) is 0 Å². The van der Waals surface area contributed by atoms with Crippen LogP contribution in [0.3, 0.4) is 0 Å². The molecule has 1 fully saturated rings. The Labute approximate surface area is 166 Å². The van der Waals surface area contributed by atoms with E-state index in [2.05, 4.69) is 15.2 Å². The molecule has 3 aromatic rings. The van der Waals surface area contributed by atoms with Crippen LogP contribution in [0.1, 0.15) is 37.6 Å². The fourth-order valence-corrected chi connectivity index (χ4v) is 4.66. The maximum Gasteiger partial charge on any atom is 0.228 e. The third-order valence-electron chi connectivity index (χ3n) is 4.33. The fraction of sp³-hybridized carbons (Fsp3) is 0.368. The van der Waals surface area contributed by atoms with Crippen LogP contribution in [0.25, 0.3) is 11.5 Å². The topological polar surface area (TPSA) is 72.1 Å². The highest BCUT2D eigenvalue weighted by atomic mass is 32.2. The minimum absolute atomic E-state index is 0.116. The summed E-state index contributed by atoms with van der Waals surface area (Å²) in [5.41, 5.74) is 1.87. The average Bonchev–Trinajstić information content (AvgIpc) is 3.29. The van der Waals surface area contributed by atoms with Gasteiger partial charge in [-0.2, -0.15) is 0 Å². The quantitative estimate of drug-likeness (QED) is 0.423. The molecule has 1 amide bonds. The molecule has 0 unspecified atom stereocenters. The lowest BCUT2D eigenvalue weighted by molar-refractivity contribution is -0.118. The van der Waals surface area contributed by atoms with Crippen molar-refractivity contribution >= 4 is 34.1 Å². The Balaban J connectivity index is 1.45. The Morgan fingerprint density at radius 3 is 2.78 bits per heavy atom. The van der Waals surface area contributed by atoms with Crippen molar-refractivity contribution in [2.75, 3.05) is 4.90 Å². The second-order valence-electron chi connectivity index (χ2n) is 6.38. The van der Waals surface area contributed by atoms with Crippen molar-refractivity contribution in [2.24, 2.45) is 0 Å². The third-order valence-corrected chi connectivity index (χ3v) is 6.40. The Kier molecular flexibility index (Phi) is 5.27. The summed E-state index contributed by atoms with van der Waals surface area (Å²) in [7, 11) is 0. The molecule has 0 N–H and O–H groups in total. The van der Waals surface area contributed by atoms with Gasteiger partial charge in [0.15, 0.2) is 4.34 Å². The van der Waals surface area contributed by atoms with E-state index < -0.39 is 0 Å². The molecule has 8 heteroatoms. The summed E-state index contributed by atoms with van der Waals surface area (Å²) in [6.45, 7) is 3.81. The molecule has 1 aromatic carbocycles. The highest BCUT2D eigenvalue weighted by Gasteiger charge is 2.35. The number of rotatable bonds is 7. The van der Waals surface area contributed by atoms with E-state index in [1.165, 1.54) is 11.3 Å². The molecule has 27 heavy (non-hydrogen) atoms. The van der Waals surface area contributed by atoms with Gasteiger partial charge in [0.25, 0.3) is 0 Å². The van der Waals surface area contributed by atoms with Crippen LogP contribution in [-0.2, 0) is 10.5 Å². The van der Waals surface area contributed by atoms with Crippen LogP contribution in [0.5, 0.6) is 0 Å². The van der Waals surface area contributed by atoms with Gasteiger partial charge >= 0.3 is 0 Å². The number of hydrogen-bond donors (Lipinski definition) is 0. The van der Waals surface area contributed by atoms with Gasteiger partial charge < -0.3 is 4.42 Å². The molecule has 1 aliphatic rings. The first-order chi connectivity index (χ1) is 13.2. The average molecular weight is 401 g/mol. The number of aromatic nitrogens is 3. The smallest absolute Gasteiger partial charge is 0.228 e. The van der Waals surface area contributed by atoms with E-state index in [0.717, 1.165) is 34.2 Å². The van der Waals surface area contributed by atoms with Crippen LogP contribution < -0.4 is 4.90 Å². The molecule has 0 aliphatic heterocycles. The summed E-state index contributed by atoms with van der Waals surface area (Å²) in [5.74, 6) is 2.22. The highest BCUT2D eigenvalue weighted by molar-refractivity contribution is 8.00. The van der Waals surface area contributed by atoms with E-state index in [0.29, 0.717) is 29.2 Å². The molecule has 6 nitrogen and oxygen atoms in total. The van der Waals surface area contributed by atoms with Gasteiger partial charge in [-0.15, -0.1) is 10.2 Å². The van der Waals surface area contributed by atoms with Crippen LogP contribution in [0.2, 0.25) is 0 Å². The first-order valence-corrected chi connectivity index (χ1v) is 10.8. The summed E-state index contributed by atoms with van der Waals surface area (Å²) in [6.07, 6.45) is 2.58. The van der Waals surface area contributed by atoms with Crippen molar-refractivity contribution in [2.45, 2.75) is 49.2 Å². The van der Waals surface area contributed by atoms with Crippen molar-refractivity contribution < 1.29 is 9.21 Å². The van der Waals surface area contributed by atoms with E-state index in [1.54, 1.807) is 11.8 Å². The molecule has 2 heterocycles. The van der Waals surface area contributed by atoms with E-state index in [4.69, 9.17) is 4.42 Å². The van der Waals surface area contributed by atoms with Crippen molar-refractivity contribution in [1.29, 1.82) is 0 Å². The zero-order chi connectivity index (χ0) is 18.8. The van der Waals surface area contributed by atoms with Gasteiger partial charge in [0.2, 0.25) is 16.9 Å². The second-order valence-corrected chi connectivity index (χ2v) is 8.55. The molecule has 140 valence electrons. The van der Waals surface area contributed by atoms with Gasteiger partial charge in [-0.25, -0.2) is 4.98 Å². The van der Waals surface area contributed by atoms with Gasteiger partial charge in [-0.3, -0.25) is 9.69 Å². The highest BCUT2D eigenvalue weighted by Crippen LogP contribution is 2.37. The van der Waals surface area contributed by atoms with E-state index in [-0.39, 0.29) is 5.91 Å². The Bertz CT molecular complexity index is 934. The monoisotopic (exact) mass is 400 g/mol. The lowest BCUT2D eigenvalue weighted by Gasteiger charge is -2.17. The summed E-state index contributed by atoms with van der Waals surface area (Å²) in [4.78, 5) is 18.6.